The third-order valence-electron chi connectivity index (χ3n) is 4.42. The fraction of sp³-hybridized carbons (Fsp3) is 0.238. The molecule has 0 aliphatic carbocycles. The molecule has 0 saturated carbocycles. The first-order chi connectivity index (χ1) is 12.5. The Morgan fingerprint density at radius 3 is 2.54 bits per heavy atom. The number of nitrogens with one attached hydrogen (secondary N) is 1. The molecule has 1 amide bonds. The van der Waals surface area contributed by atoms with E-state index in [1.807, 2.05) is 75.6 Å². The molecule has 0 saturated heterocycles. The monoisotopic (exact) mass is 367 g/mol. The zero-order valence-electron chi connectivity index (χ0n) is 15.2. The number of halogens is 1. The van der Waals surface area contributed by atoms with E-state index in [0.717, 1.165) is 22.0 Å². The van der Waals surface area contributed by atoms with Crippen molar-refractivity contribution in [3.05, 3.63) is 76.6 Å². The molecule has 134 valence electrons. The van der Waals surface area contributed by atoms with Crippen LogP contribution in [0.1, 0.15) is 27.8 Å². The lowest BCUT2D eigenvalue weighted by Gasteiger charge is -2.25. The van der Waals surface area contributed by atoms with Crippen molar-refractivity contribution in [1.82, 2.24) is 15.2 Å². The molecule has 0 fully saturated rings. The third kappa shape index (κ3) is 4.03. The van der Waals surface area contributed by atoms with Crippen molar-refractivity contribution in [3.8, 4) is 0 Å². The summed E-state index contributed by atoms with van der Waals surface area (Å²) in [5.41, 5.74) is 2.40. The largest absolute Gasteiger partial charge is 0.349 e. The van der Waals surface area contributed by atoms with Crippen LogP contribution in [0.15, 0.2) is 54.6 Å². The molecule has 0 aliphatic rings. The minimum absolute atomic E-state index is 0.0484. The van der Waals surface area contributed by atoms with Crippen molar-refractivity contribution < 1.29 is 4.79 Å². The molecule has 1 heterocycles. The van der Waals surface area contributed by atoms with Gasteiger partial charge in [0.25, 0.3) is 5.91 Å². The van der Waals surface area contributed by atoms with Gasteiger partial charge in [0.1, 0.15) is 5.69 Å². The van der Waals surface area contributed by atoms with Gasteiger partial charge in [-0.1, -0.05) is 48.0 Å². The molecule has 2 aromatic carbocycles. The molecule has 3 aromatic rings. The Morgan fingerprint density at radius 1 is 1.15 bits per heavy atom. The molecular formula is C21H22ClN3O. The van der Waals surface area contributed by atoms with Crippen LogP contribution in [0.25, 0.3) is 10.8 Å². The van der Waals surface area contributed by atoms with Gasteiger partial charge in [-0.15, -0.1) is 0 Å². The van der Waals surface area contributed by atoms with E-state index in [4.69, 9.17) is 11.6 Å². The fourth-order valence-electron chi connectivity index (χ4n) is 3.06. The summed E-state index contributed by atoms with van der Waals surface area (Å²) >= 11 is 5.98. The van der Waals surface area contributed by atoms with Gasteiger partial charge in [0.15, 0.2) is 0 Å². The topological polar surface area (TPSA) is 45.2 Å². The third-order valence-corrected chi connectivity index (χ3v) is 4.67. The van der Waals surface area contributed by atoms with Crippen molar-refractivity contribution in [2.24, 2.45) is 0 Å². The Balaban J connectivity index is 1.82. The summed E-state index contributed by atoms with van der Waals surface area (Å²) in [4.78, 5) is 19.4. The van der Waals surface area contributed by atoms with Crippen LogP contribution < -0.4 is 5.32 Å². The molecule has 5 heteroatoms. The molecule has 1 unspecified atom stereocenters. The number of benzene rings is 2. The van der Waals surface area contributed by atoms with Crippen molar-refractivity contribution in [1.29, 1.82) is 0 Å². The molecule has 26 heavy (non-hydrogen) atoms. The molecule has 0 radical (unpaired) electrons. The first-order valence-electron chi connectivity index (χ1n) is 8.52. The lowest BCUT2D eigenvalue weighted by atomic mass is 10.1. The molecule has 3 rings (SSSR count). The summed E-state index contributed by atoms with van der Waals surface area (Å²) < 4.78 is 0. The number of carbonyl (C=O) groups is 1. The van der Waals surface area contributed by atoms with E-state index >= 15 is 0 Å². The Kier molecular flexibility index (Phi) is 5.55. The quantitative estimate of drug-likeness (QED) is 0.734. The van der Waals surface area contributed by atoms with Gasteiger partial charge in [0.2, 0.25) is 0 Å². The lowest BCUT2D eigenvalue weighted by molar-refractivity contribution is 0.0938. The van der Waals surface area contributed by atoms with Crippen LogP contribution >= 0.6 is 11.6 Å². The first-order valence-corrected chi connectivity index (χ1v) is 8.90. The number of rotatable bonds is 5. The van der Waals surface area contributed by atoms with Crippen LogP contribution in [0.5, 0.6) is 0 Å². The SMILES string of the molecule is Cc1cc2ccccc2c(C(=O)NCC(c2ccc(Cl)cc2)N(C)C)n1. The zero-order valence-corrected chi connectivity index (χ0v) is 15.9. The number of amides is 1. The summed E-state index contributed by atoms with van der Waals surface area (Å²) in [6.07, 6.45) is 0. The predicted octanol–water partition coefficient (Wildman–Crippen LogP) is 4.23. The highest BCUT2D eigenvalue weighted by Crippen LogP contribution is 2.21. The first kappa shape index (κ1) is 18.4. The molecule has 4 nitrogen and oxygen atoms in total. The van der Waals surface area contributed by atoms with E-state index in [1.165, 1.54) is 0 Å². The average Bonchev–Trinajstić information content (AvgIpc) is 2.62. The van der Waals surface area contributed by atoms with E-state index in [9.17, 15) is 4.79 Å². The maximum absolute atomic E-state index is 12.8. The normalized spacial score (nSPS) is 12.3. The van der Waals surface area contributed by atoms with Crippen LogP contribution in [0.3, 0.4) is 0 Å². The number of hydrogen-bond donors (Lipinski definition) is 1. The van der Waals surface area contributed by atoms with Gasteiger partial charge >= 0.3 is 0 Å². The maximum atomic E-state index is 12.8. The van der Waals surface area contributed by atoms with Crippen LogP contribution in [0.4, 0.5) is 0 Å². The number of aromatic nitrogens is 1. The highest BCUT2D eigenvalue weighted by molar-refractivity contribution is 6.30. The molecule has 1 N–H and O–H groups in total. The van der Waals surface area contributed by atoms with Crippen LogP contribution in [-0.4, -0.2) is 36.4 Å². The highest BCUT2D eigenvalue weighted by Gasteiger charge is 2.18. The zero-order chi connectivity index (χ0) is 18.7. The number of pyridine rings is 1. The molecule has 0 spiro atoms. The van der Waals surface area contributed by atoms with Gasteiger partial charge in [-0.2, -0.15) is 0 Å². The van der Waals surface area contributed by atoms with Gasteiger partial charge in [0.05, 0.1) is 6.04 Å². The van der Waals surface area contributed by atoms with E-state index < -0.39 is 0 Å². The second kappa shape index (κ2) is 7.85. The number of hydrogen-bond acceptors (Lipinski definition) is 3. The van der Waals surface area contributed by atoms with Crippen molar-refractivity contribution in [2.45, 2.75) is 13.0 Å². The summed E-state index contributed by atoms with van der Waals surface area (Å²) in [5, 5.41) is 5.62. The maximum Gasteiger partial charge on any atom is 0.270 e. The van der Waals surface area contributed by atoms with Gasteiger partial charge in [-0.25, -0.2) is 4.98 Å². The summed E-state index contributed by atoms with van der Waals surface area (Å²) in [6.45, 7) is 2.39. The molecule has 1 atom stereocenters. The standard InChI is InChI=1S/C21H22ClN3O/c1-14-12-16-6-4-5-7-18(16)20(24-14)21(26)23-13-19(25(2)3)15-8-10-17(22)11-9-15/h4-12,19H,13H2,1-3H3,(H,23,26). The minimum atomic E-state index is -0.161. The highest BCUT2D eigenvalue weighted by atomic mass is 35.5. The fourth-order valence-corrected chi connectivity index (χ4v) is 3.19. The number of carbonyl (C=O) groups excluding carboxylic acids is 1. The van der Waals surface area contributed by atoms with Gasteiger partial charge in [-0.05, 0) is 50.2 Å². The molecule has 0 bridgehead atoms. The number of nitrogens with zero attached hydrogens (tertiary/aromatic N) is 2. The molecule has 0 aliphatic heterocycles. The number of aryl methyl sites for hydroxylation is 1. The Labute approximate surface area is 158 Å². The van der Waals surface area contributed by atoms with Crippen molar-refractivity contribution >= 4 is 28.3 Å². The minimum Gasteiger partial charge on any atom is -0.349 e. The van der Waals surface area contributed by atoms with Crippen LogP contribution in [-0.2, 0) is 0 Å². The van der Waals surface area contributed by atoms with Gasteiger partial charge in [-0.3, -0.25) is 4.79 Å². The summed E-state index contributed by atoms with van der Waals surface area (Å²) in [5.74, 6) is -0.161. The van der Waals surface area contributed by atoms with Crippen LogP contribution in [0.2, 0.25) is 5.02 Å². The Bertz CT molecular complexity index is 922. The Hall–Kier alpha value is -2.43. The molecular weight excluding hydrogens is 346 g/mol. The molecule has 1 aromatic heterocycles. The van der Waals surface area contributed by atoms with E-state index in [2.05, 4.69) is 15.2 Å². The number of likely N-dealkylation sites (N-methyl/N-ethyl adjacent to an activating group) is 1. The van der Waals surface area contributed by atoms with Gasteiger partial charge < -0.3 is 10.2 Å². The van der Waals surface area contributed by atoms with E-state index in [0.29, 0.717) is 17.3 Å². The van der Waals surface area contributed by atoms with Crippen LogP contribution in [0, 0.1) is 6.92 Å². The predicted molar refractivity (Wildman–Crippen MR) is 107 cm³/mol. The second-order valence-electron chi connectivity index (χ2n) is 6.57. The average molecular weight is 368 g/mol. The second-order valence-corrected chi connectivity index (χ2v) is 7.01. The van der Waals surface area contributed by atoms with Crippen molar-refractivity contribution in [2.75, 3.05) is 20.6 Å². The van der Waals surface area contributed by atoms with E-state index in [-0.39, 0.29) is 11.9 Å². The lowest BCUT2D eigenvalue weighted by Crippen LogP contribution is -2.35. The van der Waals surface area contributed by atoms with Crippen molar-refractivity contribution in [3.63, 3.8) is 0 Å². The smallest absolute Gasteiger partial charge is 0.270 e. The summed E-state index contributed by atoms with van der Waals surface area (Å²) in [6, 6.07) is 17.6. The number of fused-ring (bicyclic) bond motifs is 1. The van der Waals surface area contributed by atoms with E-state index in [1.54, 1.807) is 0 Å². The Morgan fingerprint density at radius 2 is 1.85 bits per heavy atom. The summed E-state index contributed by atoms with van der Waals surface area (Å²) in [7, 11) is 3.98. The van der Waals surface area contributed by atoms with Gasteiger partial charge in [0, 0.05) is 22.6 Å².